The minimum absolute atomic E-state index is 0.0659. The van der Waals surface area contributed by atoms with Gasteiger partial charge in [0.25, 0.3) is 0 Å². The van der Waals surface area contributed by atoms with E-state index in [9.17, 15) is 14.9 Å². The van der Waals surface area contributed by atoms with Gasteiger partial charge in [0.2, 0.25) is 0 Å². The predicted molar refractivity (Wildman–Crippen MR) is 114 cm³/mol. The number of nitriles is 1. The van der Waals surface area contributed by atoms with Gasteiger partial charge in [0.05, 0.1) is 17.6 Å². The van der Waals surface area contributed by atoms with Gasteiger partial charge in [0.1, 0.15) is 0 Å². The van der Waals surface area contributed by atoms with Gasteiger partial charge in [-0.3, -0.25) is 9.59 Å². The summed E-state index contributed by atoms with van der Waals surface area (Å²) in [5.74, 6) is -0.977. The number of carbonyl (C=O) groups excluding carboxylic acids is 2. The van der Waals surface area contributed by atoms with E-state index in [1.165, 1.54) is 0 Å². The van der Waals surface area contributed by atoms with Gasteiger partial charge in [0, 0.05) is 18.8 Å². The van der Waals surface area contributed by atoms with Crippen LogP contribution in [0.15, 0.2) is 71.8 Å². The first kappa shape index (κ1) is 20.7. The Balaban J connectivity index is 1.97. The van der Waals surface area contributed by atoms with Crippen LogP contribution in [0.25, 0.3) is 0 Å². The Morgan fingerprint density at radius 1 is 1.00 bits per heavy atom. The molecule has 0 fully saturated rings. The Morgan fingerprint density at radius 2 is 1.55 bits per heavy atom. The molecule has 0 amide bonds. The minimum atomic E-state index is -0.460. The number of nitrogens with zero attached hydrogens (tertiary/aromatic N) is 1. The van der Waals surface area contributed by atoms with Crippen molar-refractivity contribution in [2.45, 2.75) is 51.9 Å². The standard InChI is InChI=1S/C26H27NO2/c1-18-15-26(2,3)16-24(29)25(18)23(28)14-21(19-10-6-4-7-11-19)22(17-27)20-12-8-5-9-13-20/h4-13,21-22H,14-16H2,1-3H3/t21-,22-/m0/s1. The largest absolute Gasteiger partial charge is 0.294 e. The number of hydrogen-bond acceptors (Lipinski definition) is 3. The van der Waals surface area contributed by atoms with Crippen LogP contribution < -0.4 is 0 Å². The van der Waals surface area contributed by atoms with Crippen molar-refractivity contribution in [2.24, 2.45) is 5.41 Å². The second-order valence-corrected chi connectivity index (χ2v) is 8.76. The molecule has 3 heteroatoms. The second kappa shape index (κ2) is 8.57. The minimum Gasteiger partial charge on any atom is -0.294 e. The fourth-order valence-corrected chi connectivity index (χ4v) is 4.51. The summed E-state index contributed by atoms with van der Waals surface area (Å²) in [5.41, 5.74) is 2.95. The van der Waals surface area contributed by atoms with Crippen LogP contribution in [0.4, 0.5) is 0 Å². The maximum atomic E-state index is 13.3. The lowest BCUT2D eigenvalue weighted by molar-refractivity contribution is -0.123. The maximum absolute atomic E-state index is 13.3. The molecular weight excluding hydrogens is 358 g/mol. The van der Waals surface area contributed by atoms with Crippen molar-refractivity contribution >= 4 is 11.6 Å². The van der Waals surface area contributed by atoms with E-state index in [4.69, 9.17) is 0 Å². The highest BCUT2D eigenvalue weighted by atomic mass is 16.1. The van der Waals surface area contributed by atoms with Crippen molar-refractivity contribution < 1.29 is 9.59 Å². The zero-order chi connectivity index (χ0) is 21.0. The Hall–Kier alpha value is -2.99. The van der Waals surface area contributed by atoms with Gasteiger partial charge in [-0.2, -0.15) is 5.26 Å². The van der Waals surface area contributed by atoms with E-state index in [0.717, 1.165) is 23.1 Å². The maximum Gasteiger partial charge on any atom is 0.167 e. The van der Waals surface area contributed by atoms with Crippen LogP contribution in [-0.4, -0.2) is 11.6 Å². The fraction of sp³-hybridized carbons (Fsp3) is 0.346. The van der Waals surface area contributed by atoms with E-state index in [-0.39, 0.29) is 29.3 Å². The monoisotopic (exact) mass is 385 g/mol. The number of allylic oxidation sites excluding steroid dienone is 2. The average Bonchev–Trinajstić information content (AvgIpc) is 2.67. The second-order valence-electron chi connectivity index (χ2n) is 8.76. The molecule has 0 heterocycles. The van der Waals surface area contributed by atoms with Crippen molar-refractivity contribution in [3.63, 3.8) is 0 Å². The highest BCUT2D eigenvalue weighted by Crippen LogP contribution is 2.40. The first-order valence-electron chi connectivity index (χ1n) is 10.1. The summed E-state index contributed by atoms with van der Waals surface area (Å²) in [6, 6.07) is 21.7. The zero-order valence-corrected chi connectivity index (χ0v) is 17.3. The first-order chi connectivity index (χ1) is 13.8. The van der Waals surface area contributed by atoms with Crippen molar-refractivity contribution in [1.82, 2.24) is 0 Å². The number of benzene rings is 2. The number of rotatable bonds is 6. The normalized spacial score (nSPS) is 18.1. The van der Waals surface area contributed by atoms with E-state index >= 15 is 0 Å². The van der Waals surface area contributed by atoms with Gasteiger partial charge in [-0.15, -0.1) is 0 Å². The van der Waals surface area contributed by atoms with Crippen LogP contribution in [0, 0.1) is 16.7 Å². The average molecular weight is 386 g/mol. The third-order valence-electron chi connectivity index (χ3n) is 5.70. The summed E-state index contributed by atoms with van der Waals surface area (Å²) in [6.07, 6.45) is 1.29. The highest BCUT2D eigenvalue weighted by molar-refractivity contribution is 6.21. The molecule has 1 aliphatic carbocycles. The topological polar surface area (TPSA) is 57.9 Å². The summed E-state index contributed by atoms with van der Waals surface area (Å²) in [6.45, 7) is 6.01. The smallest absolute Gasteiger partial charge is 0.167 e. The van der Waals surface area contributed by atoms with E-state index < -0.39 is 5.92 Å². The SMILES string of the molecule is CC1=C(C(=O)C[C@@H](c2ccccc2)[C@@H](C#N)c2ccccc2)C(=O)CC(C)(C)C1. The summed E-state index contributed by atoms with van der Waals surface area (Å²) < 4.78 is 0. The molecule has 2 aromatic carbocycles. The van der Waals surface area contributed by atoms with E-state index in [2.05, 4.69) is 19.9 Å². The zero-order valence-electron chi connectivity index (χ0n) is 17.3. The lowest BCUT2D eigenvalue weighted by Gasteiger charge is -2.31. The molecule has 0 saturated carbocycles. The molecule has 2 aromatic rings. The third kappa shape index (κ3) is 4.71. The molecular formula is C26H27NO2. The van der Waals surface area contributed by atoms with Gasteiger partial charge in [0.15, 0.2) is 11.6 Å². The Bertz CT molecular complexity index is 965. The third-order valence-corrected chi connectivity index (χ3v) is 5.70. The Morgan fingerprint density at radius 3 is 2.07 bits per heavy atom. The van der Waals surface area contributed by atoms with E-state index in [1.54, 1.807) is 0 Å². The van der Waals surface area contributed by atoms with Crippen molar-refractivity contribution in [3.05, 3.63) is 82.9 Å². The summed E-state index contributed by atoms with van der Waals surface area (Å²) >= 11 is 0. The Labute approximate surface area is 173 Å². The molecule has 0 N–H and O–H groups in total. The van der Waals surface area contributed by atoms with Gasteiger partial charge in [-0.05, 0) is 29.9 Å². The highest BCUT2D eigenvalue weighted by Gasteiger charge is 2.36. The van der Waals surface area contributed by atoms with Crippen molar-refractivity contribution in [1.29, 1.82) is 5.26 Å². The van der Waals surface area contributed by atoms with Crippen LogP contribution >= 0.6 is 0 Å². The van der Waals surface area contributed by atoms with Crippen LogP contribution in [0.5, 0.6) is 0 Å². The quantitative estimate of drug-likeness (QED) is 0.596. The van der Waals surface area contributed by atoms with Crippen molar-refractivity contribution in [3.8, 4) is 6.07 Å². The molecule has 2 atom stereocenters. The molecule has 0 aromatic heterocycles. The van der Waals surface area contributed by atoms with Gasteiger partial charge in [-0.25, -0.2) is 0 Å². The number of ketones is 2. The number of carbonyl (C=O) groups is 2. The molecule has 0 unspecified atom stereocenters. The lowest BCUT2D eigenvalue weighted by Crippen LogP contribution is -2.29. The van der Waals surface area contributed by atoms with Crippen LogP contribution in [0.2, 0.25) is 0 Å². The van der Waals surface area contributed by atoms with E-state index in [1.807, 2.05) is 67.6 Å². The molecule has 0 spiro atoms. The molecule has 148 valence electrons. The van der Waals surface area contributed by atoms with Gasteiger partial charge < -0.3 is 0 Å². The van der Waals surface area contributed by atoms with Gasteiger partial charge in [-0.1, -0.05) is 80.1 Å². The molecule has 3 rings (SSSR count). The van der Waals surface area contributed by atoms with Crippen molar-refractivity contribution in [2.75, 3.05) is 0 Å². The Kier molecular flexibility index (Phi) is 6.13. The summed E-state index contributed by atoms with van der Waals surface area (Å²) in [4.78, 5) is 26.0. The summed E-state index contributed by atoms with van der Waals surface area (Å²) in [5, 5.41) is 9.97. The molecule has 0 radical (unpaired) electrons. The first-order valence-corrected chi connectivity index (χ1v) is 10.1. The molecule has 29 heavy (non-hydrogen) atoms. The molecule has 3 nitrogen and oxygen atoms in total. The molecule has 0 aliphatic heterocycles. The van der Waals surface area contributed by atoms with Crippen LogP contribution in [-0.2, 0) is 9.59 Å². The number of Topliss-reactive ketones (excluding diaryl/α,β-unsaturated/α-hetero) is 2. The molecule has 1 aliphatic rings. The van der Waals surface area contributed by atoms with Gasteiger partial charge >= 0.3 is 0 Å². The predicted octanol–water partition coefficient (Wildman–Crippen LogP) is 5.74. The van der Waals surface area contributed by atoms with E-state index in [0.29, 0.717) is 12.0 Å². The lowest BCUT2D eigenvalue weighted by atomic mass is 9.71. The molecule has 0 bridgehead atoms. The molecule has 0 saturated heterocycles. The van der Waals surface area contributed by atoms with Crippen LogP contribution in [0.3, 0.4) is 0 Å². The summed E-state index contributed by atoms with van der Waals surface area (Å²) in [7, 11) is 0. The fourth-order valence-electron chi connectivity index (χ4n) is 4.51. The van der Waals surface area contributed by atoms with Crippen LogP contribution in [0.1, 0.15) is 63.0 Å². The number of hydrogen-bond donors (Lipinski definition) is 0.